The van der Waals surface area contributed by atoms with E-state index in [0.29, 0.717) is 29.0 Å². The minimum Gasteiger partial charge on any atom is -0.386 e. The Balaban J connectivity index is 1.55. The van der Waals surface area contributed by atoms with E-state index in [9.17, 15) is 9.50 Å². The number of hydrogen-bond donors (Lipinski definition) is 1. The van der Waals surface area contributed by atoms with Gasteiger partial charge in [-0.25, -0.2) is 14.1 Å². The maximum Gasteiger partial charge on any atom is 0.179 e. The molecule has 0 amide bonds. The summed E-state index contributed by atoms with van der Waals surface area (Å²) >= 11 is 0. The van der Waals surface area contributed by atoms with E-state index in [-0.39, 0.29) is 5.56 Å². The highest BCUT2D eigenvalue weighted by atomic mass is 19.1. The highest BCUT2D eigenvalue weighted by molar-refractivity contribution is 5.82. The second-order valence-corrected chi connectivity index (χ2v) is 8.03. The van der Waals surface area contributed by atoms with Gasteiger partial charge in [-0.05, 0) is 43.7 Å². The van der Waals surface area contributed by atoms with Gasteiger partial charge < -0.3 is 5.11 Å². The SMILES string of the molecule is CC(C)(O)c1ccc(-c2ccc3nnn(Cc4cccc5cccnc45)c3n2)cc1F. The van der Waals surface area contributed by atoms with Gasteiger partial charge in [0.15, 0.2) is 5.65 Å². The highest BCUT2D eigenvalue weighted by Crippen LogP contribution is 2.28. The number of fused-ring (bicyclic) bond motifs is 2. The number of hydrogen-bond acceptors (Lipinski definition) is 5. The zero-order valence-corrected chi connectivity index (χ0v) is 17.1. The third kappa shape index (κ3) is 3.53. The third-order valence-electron chi connectivity index (χ3n) is 5.32. The van der Waals surface area contributed by atoms with Crippen LogP contribution < -0.4 is 0 Å². The second-order valence-electron chi connectivity index (χ2n) is 8.03. The quantitative estimate of drug-likeness (QED) is 0.471. The van der Waals surface area contributed by atoms with Gasteiger partial charge in [-0.15, -0.1) is 5.10 Å². The van der Waals surface area contributed by atoms with E-state index in [4.69, 9.17) is 4.98 Å². The number of aliphatic hydroxyl groups is 1. The molecule has 0 saturated heterocycles. The molecule has 3 heterocycles. The zero-order valence-electron chi connectivity index (χ0n) is 17.1. The summed E-state index contributed by atoms with van der Waals surface area (Å²) in [7, 11) is 0. The molecule has 0 radical (unpaired) electrons. The maximum absolute atomic E-state index is 14.6. The Labute approximate surface area is 178 Å². The van der Waals surface area contributed by atoms with Crippen molar-refractivity contribution in [3.05, 3.63) is 83.8 Å². The first-order valence-corrected chi connectivity index (χ1v) is 9.96. The van der Waals surface area contributed by atoms with E-state index in [2.05, 4.69) is 15.3 Å². The van der Waals surface area contributed by atoms with E-state index in [1.165, 1.54) is 6.07 Å². The van der Waals surface area contributed by atoms with Crippen LogP contribution >= 0.6 is 0 Å². The van der Waals surface area contributed by atoms with Crippen molar-refractivity contribution in [1.82, 2.24) is 25.0 Å². The fraction of sp³-hybridized carbons (Fsp3) is 0.167. The lowest BCUT2D eigenvalue weighted by atomic mass is 9.96. The Morgan fingerprint density at radius 2 is 1.87 bits per heavy atom. The topological polar surface area (TPSA) is 76.7 Å². The normalized spacial score (nSPS) is 12.0. The standard InChI is InChI=1S/C24H20FN5O/c1-24(2,31)18-9-8-16(13-19(18)25)20-10-11-21-23(27-20)30(29-28-21)14-17-6-3-5-15-7-4-12-26-22(15)17/h3-13,31H,14H2,1-2H3. The second kappa shape index (κ2) is 7.21. The Bertz CT molecular complexity index is 1420. The first-order chi connectivity index (χ1) is 14.9. The van der Waals surface area contributed by atoms with E-state index in [1.807, 2.05) is 36.4 Å². The molecule has 5 rings (SSSR count). The lowest BCUT2D eigenvalue weighted by molar-refractivity contribution is 0.0746. The van der Waals surface area contributed by atoms with Crippen LogP contribution in [0.15, 0.2) is 66.9 Å². The van der Waals surface area contributed by atoms with Crippen molar-refractivity contribution < 1.29 is 9.50 Å². The van der Waals surface area contributed by atoms with E-state index in [1.54, 1.807) is 42.9 Å². The fourth-order valence-electron chi connectivity index (χ4n) is 3.75. The first kappa shape index (κ1) is 19.3. The van der Waals surface area contributed by atoms with Crippen LogP contribution in [0.5, 0.6) is 0 Å². The fourth-order valence-corrected chi connectivity index (χ4v) is 3.75. The monoisotopic (exact) mass is 413 g/mol. The molecule has 0 aliphatic heterocycles. The summed E-state index contributed by atoms with van der Waals surface area (Å²) < 4.78 is 16.3. The van der Waals surface area contributed by atoms with Gasteiger partial charge in [0, 0.05) is 22.7 Å². The molecule has 0 spiro atoms. The predicted octanol–water partition coefficient (Wildman–Crippen LogP) is 4.46. The van der Waals surface area contributed by atoms with Crippen LogP contribution in [-0.4, -0.2) is 30.1 Å². The van der Waals surface area contributed by atoms with Crippen molar-refractivity contribution in [3.8, 4) is 11.3 Å². The number of nitrogens with zero attached hydrogens (tertiary/aromatic N) is 5. The molecular formula is C24H20FN5O. The number of para-hydroxylation sites is 1. The molecule has 0 saturated carbocycles. The molecule has 154 valence electrons. The lowest BCUT2D eigenvalue weighted by Gasteiger charge is -2.18. The van der Waals surface area contributed by atoms with Gasteiger partial charge in [-0.1, -0.05) is 41.6 Å². The number of halogens is 1. The molecule has 0 unspecified atom stereocenters. The van der Waals surface area contributed by atoms with Crippen molar-refractivity contribution in [2.45, 2.75) is 26.0 Å². The van der Waals surface area contributed by atoms with Crippen LogP contribution in [0.4, 0.5) is 4.39 Å². The first-order valence-electron chi connectivity index (χ1n) is 9.96. The number of pyridine rings is 2. The average molecular weight is 413 g/mol. The molecule has 0 aliphatic rings. The molecular weight excluding hydrogens is 393 g/mol. The Kier molecular flexibility index (Phi) is 4.48. The van der Waals surface area contributed by atoms with Gasteiger partial charge >= 0.3 is 0 Å². The van der Waals surface area contributed by atoms with Gasteiger partial charge in [0.2, 0.25) is 0 Å². The summed E-state index contributed by atoms with van der Waals surface area (Å²) in [6.07, 6.45) is 1.77. The molecule has 7 heteroatoms. The molecule has 0 aliphatic carbocycles. The molecule has 0 fully saturated rings. The summed E-state index contributed by atoms with van der Waals surface area (Å²) in [5, 5.41) is 19.7. The maximum atomic E-state index is 14.6. The van der Waals surface area contributed by atoms with Crippen molar-refractivity contribution in [3.63, 3.8) is 0 Å². The Morgan fingerprint density at radius 3 is 2.68 bits per heavy atom. The Morgan fingerprint density at radius 1 is 1.03 bits per heavy atom. The van der Waals surface area contributed by atoms with Crippen molar-refractivity contribution in [1.29, 1.82) is 0 Å². The van der Waals surface area contributed by atoms with Crippen LogP contribution in [0.3, 0.4) is 0 Å². The summed E-state index contributed by atoms with van der Waals surface area (Å²) in [6.45, 7) is 3.58. The molecule has 0 atom stereocenters. The lowest BCUT2D eigenvalue weighted by Crippen LogP contribution is -2.17. The van der Waals surface area contributed by atoms with Gasteiger partial charge in [0.05, 0.1) is 23.4 Å². The minimum atomic E-state index is -1.25. The van der Waals surface area contributed by atoms with E-state index in [0.717, 1.165) is 16.5 Å². The molecule has 6 nitrogen and oxygen atoms in total. The summed E-state index contributed by atoms with van der Waals surface area (Å²) in [6, 6.07) is 18.3. The van der Waals surface area contributed by atoms with Gasteiger partial charge in [0.25, 0.3) is 0 Å². The van der Waals surface area contributed by atoms with Crippen molar-refractivity contribution in [2.75, 3.05) is 0 Å². The number of aromatic nitrogens is 5. The average Bonchev–Trinajstić information content (AvgIpc) is 3.15. The van der Waals surface area contributed by atoms with Crippen LogP contribution in [0.1, 0.15) is 25.0 Å². The van der Waals surface area contributed by atoms with Gasteiger partial charge in [-0.3, -0.25) is 4.98 Å². The predicted molar refractivity (Wildman–Crippen MR) is 117 cm³/mol. The van der Waals surface area contributed by atoms with E-state index < -0.39 is 11.4 Å². The third-order valence-corrected chi connectivity index (χ3v) is 5.32. The van der Waals surface area contributed by atoms with Crippen LogP contribution in [0, 0.1) is 5.82 Å². The number of rotatable bonds is 4. The Hall–Kier alpha value is -3.71. The largest absolute Gasteiger partial charge is 0.386 e. The molecule has 31 heavy (non-hydrogen) atoms. The molecule has 1 N–H and O–H groups in total. The molecule has 0 bridgehead atoms. The van der Waals surface area contributed by atoms with E-state index >= 15 is 0 Å². The van der Waals surface area contributed by atoms with Crippen molar-refractivity contribution in [2.24, 2.45) is 0 Å². The van der Waals surface area contributed by atoms with Crippen molar-refractivity contribution >= 4 is 22.1 Å². The zero-order chi connectivity index (χ0) is 21.6. The summed E-state index contributed by atoms with van der Waals surface area (Å²) in [5.41, 5.74) is 3.40. The summed E-state index contributed by atoms with van der Waals surface area (Å²) in [5.74, 6) is -0.472. The molecule has 5 aromatic rings. The molecule has 2 aromatic carbocycles. The molecule has 3 aromatic heterocycles. The number of benzene rings is 2. The van der Waals surface area contributed by atoms with Gasteiger partial charge in [-0.2, -0.15) is 0 Å². The minimum absolute atomic E-state index is 0.243. The smallest absolute Gasteiger partial charge is 0.179 e. The van der Waals surface area contributed by atoms with Gasteiger partial charge in [0.1, 0.15) is 11.3 Å². The summed E-state index contributed by atoms with van der Waals surface area (Å²) in [4.78, 5) is 9.20. The van der Waals surface area contributed by atoms with Crippen LogP contribution in [0.25, 0.3) is 33.3 Å². The van der Waals surface area contributed by atoms with Crippen LogP contribution in [0.2, 0.25) is 0 Å². The highest BCUT2D eigenvalue weighted by Gasteiger charge is 2.21. The van der Waals surface area contributed by atoms with Crippen LogP contribution in [-0.2, 0) is 12.1 Å².